The van der Waals surface area contributed by atoms with Gasteiger partial charge in [0.15, 0.2) is 0 Å². The van der Waals surface area contributed by atoms with Gasteiger partial charge in [-0.15, -0.1) is 0 Å². The molecule has 262 valence electrons. The second-order valence-corrected chi connectivity index (χ2v) is 14.8. The van der Waals surface area contributed by atoms with Gasteiger partial charge in [0.25, 0.3) is 0 Å². The highest BCUT2D eigenvalue weighted by Gasteiger charge is 2.22. The van der Waals surface area contributed by atoms with Crippen LogP contribution in [0.15, 0.2) is 182 Å². The zero-order valence-electron chi connectivity index (χ0n) is 30.5. The molecule has 0 aliphatic heterocycles. The Kier molecular flexibility index (Phi) is 6.72. The van der Waals surface area contributed by atoms with Crippen molar-refractivity contribution in [1.82, 2.24) is 19.1 Å². The zero-order valence-corrected chi connectivity index (χ0v) is 30.5. The van der Waals surface area contributed by atoms with Crippen LogP contribution in [0.1, 0.15) is 18.5 Å². The molecule has 11 aromatic rings. The number of benzene rings is 8. The Hall–Kier alpha value is -7.30. The number of allylic oxidation sites excluding steroid dienone is 4. The Bertz CT molecular complexity index is 3470. The third-order valence-corrected chi connectivity index (χ3v) is 11.7. The van der Waals surface area contributed by atoms with E-state index in [2.05, 4.69) is 191 Å². The van der Waals surface area contributed by atoms with Crippen molar-refractivity contribution in [3.8, 4) is 22.8 Å². The maximum Gasteiger partial charge on any atom is 0.235 e. The molecule has 0 unspecified atom stereocenters. The molecule has 0 spiro atoms. The fourth-order valence-electron chi connectivity index (χ4n) is 9.23. The second-order valence-electron chi connectivity index (χ2n) is 14.8. The minimum absolute atomic E-state index is 0.683. The fourth-order valence-corrected chi connectivity index (χ4v) is 9.23. The van der Waals surface area contributed by atoms with Crippen LogP contribution in [0.3, 0.4) is 0 Å². The summed E-state index contributed by atoms with van der Waals surface area (Å²) in [7, 11) is 0. The van der Waals surface area contributed by atoms with E-state index in [9.17, 15) is 0 Å². The van der Waals surface area contributed by atoms with Gasteiger partial charge >= 0.3 is 0 Å². The average Bonchev–Trinajstić information content (AvgIpc) is 3.79. The minimum atomic E-state index is 0.683. The number of aromatic nitrogens is 4. The maximum absolute atomic E-state index is 5.48. The minimum Gasteiger partial charge on any atom is -0.309 e. The maximum atomic E-state index is 5.48. The SMILES string of the molecule is C1=CC(c2nc(-n3c4ccccc4c4cc(-c5ccc6c(c5)c5ccccc5n6-c5ccccc5)c5ccccc5c43)nc3c2ccc2ccccc23)=CCC1. The molecule has 3 aromatic heterocycles. The summed E-state index contributed by atoms with van der Waals surface area (Å²) in [5.41, 5.74) is 11.3. The molecule has 12 rings (SSSR count). The predicted octanol–water partition coefficient (Wildman–Crippen LogP) is 13.5. The molecule has 0 amide bonds. The fraction of sp³-hybridized carbons (Fsp3) is 0.0385. The van der Waals surface area contributed by atoms with Crippen molar-refractivity contribution in [2.75, 3.05) is 0 Å². The molecule has 8 aromatic carbocycles. The lowest BCUT2D eigenvalue weighted by Crippen LogP contribution is -2.06. The van der Waals surface area contributed by atoms with Gasteiger partial charge in [0.2, 0.25) is 5.95 Å². The van der Waals surface area contributed by atoms with E-state index in [0.717, 1.165) is 57.1 Å². The van der Waals surface area contributed by atoms with E-state index in [1.807, 2.05) is 0 Å². The Morgan fingerprint density at radius 1 is 0.446 bits per heavy atom. The summed E-state index contributed by atoms with van der Waals surface area (Å²) >= 11 is 0. The molecule has 0 N–H and O–H groups in total. The smallest absolute Gasteiger partial charge is 0.235 e. The van der Waals surface area contributed by atoms with Gasteiger partial charge in [-0.1, -0.05) is 133 Å². The van der Waals surface area contributed by atoms with Gasteiger partial charge in [0.05, 0.1) is 33.3 Å². The third kappa shape index (κ3) is 4.53. The molecule has 3 heterocycles. The van der Waals surface area contributed by atoms with Crippen molar-refractivity contribution in [3.63, 3.8) is 0 Å². The van der Waals surface area contributed by atoms with Crippen LogP contribution < -0.4 is 0 Å². The predicted molar refractivity (Wildman–Crippen MR) is 235 cm³/mol. The Morgan fingerprint density at radius 3 is 1.93 bits per heavy atom. The molecule has 4 heteroatoms. The molecule has 0 saturated carbocycles. The molecular formula is C52H34N4. The van der Waals surface area contributed by atoms with Gasteiger partial charge in [-0.2, -0.15) is 0 Å². The summed E-state index contributed by atoms with van der Waals surface area (Å²) < 4.78 is 4.69. The van der Waals surface area contributed by atoms with Crippen LogP contribution in [0.2, 0.25) is 0 Å². The first kappa shape index (κ1) is 31.1. The van der Waals surface area contributed by atoms with Crippen LogP contribution in [0.25, 0.3) is 104 Å². The van der Waals surface area contributed by atoms with Crippen molar-refractivity contribution in [3.05, 3.63) is 188 Å². The average molecular weight is 715 g/mol. The van der Waals surface area contributed by atoms with Crippen molar-refractivity contribution < 1.29 is 0 Å². The van der Waals surface area contributed by atoms with Gasteiger partial charge in [-0.3, -0.25) is 4.57 Å². The van der Waals surface area contributed by atoms with Crippen molar-refractivity contribution in [2.45, 2.75) is 12.8 Å². The largest absolute Gasteiger partial charge is 0.309 e. The van der Waals surface area contributed by atoms with Crippen molar-refractivity contribution >= 4 is 81.6 Å². The monoisotopic (exact) mass is 714 g/mol. The topological polar surface area (TPSA) is 35.6 Å². The quantitative estimate of drug-likeness (QED) is 0.170. The lowest BCUT2D eigenvalue weighted by molar-refractivity contribution is 0.999. The first-order valence-corrected chi connectivity index (χ1v) is 19.4. The number of nitrogens with zero attached hydrogens (tertiary/aromatic N) is 4. The molecule has 0 fully saturated rings. The molecule has 0 saturated heterocycles. The number of hydrogen-bond donors (Lipinski definition) is 0. The van der Waals surface area contributed by atoms with Gasteiger partial charge < -0.3 is 4.57 Å². The molecule has 56 heavy (non-hydrogen) atoms. The summed E-state index contributed by atoms with van der Waals surface area (Å²) in [6.07, 6.45) is 8.86. The molecular weight excluding hydrogens is 681 g/mol. The van der Waals surface area contributed by atoms with Crippen LogP contribution in [0.4, 0.5) is 0 Å². The Morgan fingerprint density at radius 2 is 1.12 bits per heavy atom. The summed E-state index contributed by atoms with van der Waals surface area (Å²) in [5.74, 6) is 0.683. The van der Waals surface area contributed by atoms with Crippen LogP contribution in [-0.2, 0) is 0 Å². The highest BCUT2D eigenvalue weighted by molar-refractivity contribution is 6.22. The number of fused-ring (bicyclic) bond motifs is 11. The molecule has 1 aliphatic rings. The van der Waals surface area contributed by atoms with Crippen molar-refractivity contribution in [2.24, 2.45) is 0 Å². The summed E-state index contributed by atoms with van der Waals surface area (Å²) in [6, 6.07) is 59.3. The molecule has 1 aliphatic carbocycles. The number of hydrogen-bond acceptors (Lipinski definition) is 2. The second kappa shape index (κ2) is 12.1. The number of para-hydroxylation sites is 3. The summed E-state index contributed by atoms with van der Waals surface area (Å²) in [4.78, 5) is 11.0. The van der Waals surface area contributed by atoms with Gasteiger partial charge in [0, 0.05) is 43.4 Å². The van der Waals surface area contributed by atoms with E-state index in [0.29, 0.717) is 5.95 Å². The van der Waals surface area contributed by atoms with E-state index < -0.39 is 0 Å². The van der Waals surface area contributed by atoms with Gasteiger partial charge in [-0.25, -0.2) is 9.97 Å². The standard InChI is InChI=1S/C52H34N4/c1-3-16-34(17-4-1)49-42-29-27-33-15-7-8-20-37(33)50(42)54-52(53-49)56-47-26-14-12-23-40(47)45-32-43(38-21-9-10-24-41(38)51(45)56)35-28-30-48-44(31-35)39-22-11-13-25-46(39)55(48)36-18-5-2-6-19-36/h2-3,5-32H,1,4H2. The molecule has 0 radical (unpaired) electrons. The Balaban J connectivity index is 1.16. The third-order valence-electron chi connectivity index (χ3n) is 11.7. The van der Waals surface area contributed by atoms with Crippen LogP contribution >= 0.6 is 0 Å². The Labute approximate surface area is 322 Å². The lowest BCUT2D eigenvalue weighted by atomic mass is 9.94. The summed E-state index contributed by atoms with van der Waals surface area (Å²) in [5, 5.41) is 10.6. The van der Waals surface area contributed by atoms with E-state index in [1.165, 1.54) is 59.9 Å². The first-order chi connectivity index (χ1) is 27.8. The van der Waals surface area contributed by atoms with Crippen LogP contribution in [-0.4, -0.2) is 19.1 Å². The zero-order chi connectivity index (χ0) is 36.7. The lowest BCUT2D eigenvalue weighted by Gasteiger charge is -2.16. The number of rotatable bonds is 4. The normalized spacial score (nSPS) is 13.2. The van der Waals surface area contributed by atoms with Crippen LogP contribution in [0.5, 0.6) is 0 Å². The molecule has 4 nitrogen and oxygen atoms in total. The van der Waals surface area contributed by atoms with Crippen molar-refractivity contribution in [1.29, 1.82) is 0 Å². The van der Waals surface area contributed by atoms with Crippen LogP contribution in [0, 0.1) is 0 Å². The molecule has 0 atom stereocenters. The van der Waals surface area contributed by atoms with E-state index >= 15 is 0 Å². The van der Waals surface area contributed by atoms with E-state index in [4.69, 9.17) is 9.97 Å². The highest BCUT2D eigenvalue weighted by atomic mass is 15.2. The van der Waals surface area contributed by atoms with E-state index in [1.54, 1.807) is 0 Å². The molecule has 0 bridgehead atoms. The highest BCUT2D eigenvalue weighted by Crippen LogP contribution is 2.43. The first-order valence-electron chi connectivity index (χ1n) is 19.4. The van der Waals surface area contributed by atoms with E-state index in [-0.39, 0.29) is 0 Å². The summed E-state index contributed by atoms with van der Waals surface area (Å²) in [6.45, 7) is 0. The van der Waals surface area contributed by atoms with Gasteiger partial charge in [-0.05, 0) is 88.8 Å². The van der Waals surface area contributed by atoms with Gasteiger partial charge in [0.1, 0.15) is 0 Å².